The number of piperidine rings is 1. The number of aliphatic hydroxyl groups is 1. The maximum absolute atomic E-state index is 11.4. The Morgan fingerprint density at radius 2 is 2.08 bits per heavy atom. The number of nitrogens with zero attached hydrogens (tertiary/aromatic N) is 1. The van der Waals surface area contributed by atoms with Crippen LogP contribution in [0.15, 0.2) is 0 Å². The highest BCUT2D eigenvalue weighted by Gasteiger charge is 2.15. The molecule has 1 rings (SSSR count). The summed E-state index contributed by atoms with van der Waals surface area (Å²) >= 11 is 0. The highest BCUT2D eigenvalue weighted by Crippen LogP contribution is 2.08. The molecule has 1 fully saturated rings. The number of nitrogens with one attached hydrogen (secondary N) is 1. The van der Waals surface area contributed by atoms with Crippen molar-refractivity contribution in [3.05, 3.63) is 0 Å². The van der Waals surface area contributed by atoms with Crippen molar-refractivity contribution in [2.75, 3.05) is 19.6 Å². The summed E-state index contributed by atoms with van der Waals surface area (Å²) in [5, 5.41) is 11.7. The van der Waals surface area contributed by atoms with Gasteiger partial charge in [0.2, 0.25) is 0 Å². The van der Waals surface area contributed by atoms with Crippen LogP contribution in [-0.2, 0) is 0 Å². The first-order valence-corrected chi connectivity index (χ1v) is 4.91. The Hall–Kier alpha value is -0.770. The molecular formula is C9H18N2O2. The van der Waals surface area contributed by atoms with Crippen LogP contribution in [0.3, 0.4) is 0 Å². The molecule has 0 aliphatic carbocycles. The lowest BCUT2D eigenvalue weighted by atomic mass is 10.1. The molecule has 1 unspecified atom stereocenters. The number of hydrogen-bond acceptors (Lipinski definition) is 2. The van der Waals surface area contributed by atoms with E-state index in [1.165, 1.54) is 6.42 Å². The molecule has 13 heavy (non-hydrogen) atoms. The van der Waals surface area contributed by atoms with Crippen LogP contribution in [0.4, 0.5) is 4.79 Å². The van der Waals surface area contributed by atoms with Crippen molar-refractivity contribution in [3.63, 3.8) is 0 Å². The lowest BCUT2D eigenvalue weighted by molar-refractivity contribution is 0.165. The van der Waals surface area contributed by atoms with E-state index in [1.807, 2.05) is 4.90 Å². The van der Waals surface area contributed by atoms with Gasteiger partial charge in [0.1, 0.15) is 0 Å². The third-order valence-electron chi connectivity index (χ3n) is 2.19. The van der Waals surface area contributed by atoms with E-state index in [0.29, 0.717) is 6.54 Å². The predicted molar refractivity (Wildman–Crippen MR) is 50.5 cm³/mol. The molecule has 1 atom stereocenters. The van der Waals surface area contributed by atoms with Gasteiger partial charge in [0.25, 0.3) is 0 Å². The summed E-state index contributed by atoms with van der Waals surface area (Å²) in [6, 6.07) is -0.0411. The first-order valence-electron chi connectivity index (χ1n) is 4.91. The van der Waals surface area contributed by atoms with Crippen molar-refractivity contribution in [3.8, 4) is 0 Å². The van der Waals surface area contributed by atoms with Gasteiger partial charge < -0.3 is 15.3 Å². The molecule has 0 aromatic carbocycles. The van der Waals surface area contributed by atoms with E-state index >= 15 is 0 Å². The lowest BCUT2D eigenvalue weighted by Crippen LogP contribution is -2.44. The molecule has 0 radical (unpaired) electrons. The van der Waals surface area contributed by atoms with Crippen LogP contribution in [-0.4, -0.2) is 41.8 Å². The summed E-state index contributed by atoms with van der Waals surface area (Å²) in [4.78, 5) is 13.2. The number of likely N-dealkylation sites (tertiary alicyclic amines) is 1. The van der Waals surface area contributed by atoms with Gasteiger partial charge in [-0.25, -0.2) is 4.79 Å². The lowest BCUT2D eigenvalue weighted by Gasteiger charge is -2.27. The van der Waals surface area contributed by atoms with Gasteiger partial charge in [-0.05, 0) is 26.2 Å². The second-order valence-corrected chi connectivity index (χ2v) is 3.58. The zero-order chi connectivity index (χ0) is 9.68. The first-order chi connectivity index (χ1) is 6.20. The molecule has 1 aliphatic rings. The fourth-order valence-corrected chi connectivity index (χ4v) is 1.44. The Labute approximate surface area is 78.9 Å². The molecule has 1 heterocycles. The van der Waals surface area contributed by atoms with Crippen molar-refractivity contribution in [1.29, 1.82) is 0 Å². The highest BCUT2D eigenvalue weighted by molar-refractivity contribution is 5.74. The monoisotopic (exact) mass is 186 g/mol. The molecule has 1 aliphatic heterocycles. The third kappa shape index (κ3) is 3.63. The summed E-state index contributed by atoms with van der Waals surface area (Å²) in [5.74, 6) is 0. The zero-order valence-electron chi connectivity index (χ0n) is 8.12. The minimum atomic E-state index is -0.464. The normalized spacial score (nSPS) is 19.7. The third-order valence-corrected chi connectivity index (χ3v) is 2.19. The fourth-order valence-electron chi connectivity index (χ4n) is 1.44. The summed E-state index contributed by atoms with van der Waals surface area (Å²) in [7, 11) is 0. The van der Waals surface area contributed by atoms with Crippen molar-refractivity contribution >= 4 is 6.03 Å². The number of carbonyl (C=O) groups excluding carboxylic acids is 1. The highest BCUT2D eigenvalue weighted by atomic mass is 16.3. The van der Waals surface area contributed by atoms with E-state index in [2.05, 4.69) is 5.32 Å². The van der Waals surface area contributed by atoms with Gasteiger partial charge >= 0.3 is 6.03 Å². The Morgan fingerprint density at radius 3 is 2.62 bits per heavy atom. The maximum atomic E-state index is 11.4. The number of urea groups is 1. The molecule has 76 valence electrons. The van der Waals surface area contributed by atoms with Crippen molar-refractivity contribution in [2.45, 2.75) is 32.3 Å². The van der Waals surface area contributed by atoms with Crippen LogP contribution in [0.1, 0.15) is 26.2 Å². The molecule has 4 heteroatoms. The van der Waals surface area contributed by atoms with E-state index in [0.717, 1.165) is 25.9 Å². The number of aliphatic hydroxyl groups excluding tert-OH is 1. The first kappa shape index (κ1) is 10.3. The van der Waals surface area contributed by atoms with Gasteiger partial charge in [-0.2, -0.15) is 0 Å². The summed E-state index contributed by atoms with van der Waals surface area (Å²) < 4.78 is 0. The molecule has 0 bridgehead atoms. The van der Waals surface area contributed by atoms with Crippen LogP contribution in [0.2, 0.25) is 0 Å². The van der Waals surface area contributed by atoms with Crippen LogP contribution < -0.4 is 5.32 Å². The second kappa shape index (κ2) is 5.07. The average molecular weight is 186 g/mol. The van der Waals surface area contributed by atoms with E-state index in [1.54, 1.807) is 6.92 Å². The molecule has 4 nitrogen and oxygen atoms in total. The van der Waals surface area contributed by atoms with Gasteiger partial charge in [0, 0.05) is 19.6 Å². The number of carbonyl (C=O) groups is 1. The van der Waals surface area contributed by atoms with Crippen LogP contribution >= 0.6 is 0 Å². The Kier molecular flexibility index (Phi) is 4.02. The second-order valence-electron chi connectivity index (χ2n) is 3.58. The van der Waals surface area contributed by atoms with E-state index in [4.69, 9.17) is 5.11 Å². The van der Waals surface area contributed by atoms with E-state index in [-0.39, 0.29) is 6.03 Å². The van der Waals surface area contributed by atoms with Crippen molar-refractivity contribution < 1.29 is 9.90 Å². The smallest absolute Gasteiger partial charge is 0.317 e. The van der Waals surface area contributed by atoms with Crippen LogP contribution in [0, 0.1) is 0 Å². The summed E-state index contributed by atoms with van der Waals surface area (Å²) in [5.41, 5.74) is 0. The number of amides is 2. The van der Waals surface area contributed by atoms with Gasteiger partial charge in [-0.3, -0.25) is 0 Å². The topological polar surface area (TPSA) is 52.6 Å². The molecule has 2 amide bonds. The largest absolute Gasteiger partial charge is 0.392 e. The standard InChI is InChI=1S/C9H18N2O2/c1-8(12)7-10-9(13)11-5-3-2-4-6-11/h8,12H,2-7H2,1H3,(H,10,13). The van der Waals surface area contributed by atoms with E-state index < -0.39 is 6.10 Å². The van der Waals surface area contributed by atoms with E-state index in [9.17, 15) is 4.79 Å². The van der Waals surface area contributed by atoms with Crippen molar-refractivity contribution in [2.24, 2.45) is 0 Å². The van der Waals surface area contributed by atoms with Crippen LogP contribution in [0.5, 0.6) is 0 Å². The molecule has 1 saturated heterocycles. The number of rotatable bonds is 2. The SMILES string of the molecule is CC(O)CNC(=O)N1CCCCC1. The Bertz CT molecular complexity index is 165. The van der Waals surface area contributed by atoms with Gasteiger partial charge in [0.05, 0.1) is 6.10 Å². The van der Waals surface area contributed by atoms with Crippen LogP contribution in [0.25, 0.3) is 0 Å². The maximum Gasteiger partial charge on any atom is 0.317 e. The minimum Gasteiger partial charge on any atom is -0.392 e. The number of hydrogen-bond donors (Lipinski definition) is 2. The molecule has 0 aromatic heterocycles. The molecule has 0 saturated carbocycles. The minimum absolute atomic E-state index is 0.0411. The molecular weight excluding hydrogens is 168 g/mol. The fraction of sp³-hybridized carbons (Fsp3) is 0.889. The molecule has 2 N–H and O–H groups in total. The summed E-state index contributed by atoms with van der Waals surface area (Å²) in [6.07, 6.45) is 2.96. The molecule has 0 aromatic rings. The predicted octanol–water partition coefficient (Wildman–Crippen LogP) is 0.563. The van der Waals surface area contributed by atoms with Gasteiger partial charge in [-0.15, -0.1) is 0 Å². The van der Waals surface area contributed by atoms with Crippen molar-refractivity contribution in [1.82, 2.24) is 10.2 Å². The van der Waals surface area contributed by atoms with Gasteiger partial charge in [0.15, 0.2) is 0 Å². The average Bonchev–Trinajstić information content (AvgIpc) is 2.15. The Balaban J connectivity index is 2.21. The van der Waals surface area contributed by atoms with Gasteiger partial charge in [-0.1, -0.05) is 0 Å². The quantitative estimate of drug-likeness (QED) is 0.662. The summed E-state index contributed by atoms with van der Waals surface area (Å²) in [6.45, 7) is 3.71. The zero-order valence-corrected chi connectivity index (χ0v) is 8.12. The Morgan fingerprint density at radius 1 is 1.46 bits per heavy atom. The molecule has 0 spiro atoms.